The number of nitro benzene ring substituents is 1. The minimum absolute atomic E-state index is 0.123. The van der Waals surface area contributed by atoms with Crippen LogP contribution in [0.15, 0.2) is 42.5 Å². The van der Waals surface area contributed by atoms with Gasteiger partial charge in [0.25, 0.3) is 5.69 Å². The molecule has 2 saturated heterocycles. The van der Waals surface area contributed by atoms with Crippen molar-refractivity contribution in [3.8, 4) is 0 Å². The first-order chi connectivity index (χ1) is 13.2. The van der Waals surface area contributed by atoms with Crippen LogP contribution in [0.1, 0.15) is 11.1 Å². The third kappa shape index (κ3) is 2.82. The number of sulfone groups is 1. The third-order valence-corrected chi connectivity index (χ3v) is 7.22. The first kappa shape index (κ1) is 18.4. The second-order valence-corrected chi connectivity index (χ2v) is 9.38. The van der Waals surface area contributed by atoms with Gasteiger partial charge >= 0.3 is 6.03 Å². The quantitative estimate of drug-likeness (QED) is 0.447. The lowest BCUT2D eigenvalue weighted by molar-refractivity contribution is -0.384. The summed E-state index contributed by atoms with van der Waals surface area (Å²) in [4.78, 5) is 26.9. The van der Waals surface area contributed by atoms with Crippen LogP contribution in [0.3, 0.4) is 0 Å². The number of amides is 2. The molecule has 2 amide bonds. The van der Waals surface area contributed by atoms with Crippen molar-refractivity contribution in [2.45, 2.75) is 25.9 Å². The molecule has 2 unspecified atom stereocenters. The normalized spacial score (nSPS) is 23.1. The van der Waals surface area contributed by atoms with Crippen LogP contribution in [-0.4, -0.2) is 43.0 Å². The number of fused-ring (bicyclic) bond motifs is 1. The first-order valence-electron chi connectivity index (χ1n) is 8.83. The number of aryl methyl sites for hydroxylation is 1. The molecule has 0 bridgehead atoms. The molecular weight excluding hydrogens is 382 g/mol. The maximum Gasteiger partial charge on any atom is 0.329 e. The highest BCUT2D eigenvalue weighted by atomic mass is 32.2. The minimum atomic E-state index is -3.33. The van der Waals surface area contributed by atoms with Crippen molar-refractivity contribution in [2.75, 3.05) is 21.3 Å². The maximum atomic E-state index is 13.4. The Hall–Kier alpha value is -2.94. The Balaban J connectivity index is 1.85. The van der Waals surface area contributed by atoms with E-state index in [1.165, 1.54) is 28.0 Å². The van der Waals surface area contributed by atoms with E-state index >= 15 is 0 Å². The molecule has 0 spiro atoms. The predicted molar refractivity (Wildman–Crippen MR) is 106 cm³/mol. The van der Waals surface area contributed by atoms with Gasteiger partial charge in [-0.05, 0) is 37.1 Å². The van der Waals surface area contributed by atoms with E-state index in [4.69, 9.17) is 0 Å². The Labute approximate surface area is 162 Å². The number of rotatable bonds is 3. The van der Waals surface area contributed by atoms with Gasteiger partial charge in [-0.15, -0.1) is 0 Å². The van der Waals surface area contributed by atoms with Gasteiger partial charge in [0.05, 0.1) is 34.2 Å². The number of hydrogen-bond donors (Lipinski definition) is 0. The molecule has 4 rings (SSSR count). The van der Waals surface area contributed by atoms with Gasteiger partial charge in [-0.1, -0.05) is 18.2 Å². The standard InChI is InChI=1S/C19H19N3O5S/c1-12-5-3-8-16(13(12)2)21-18-11-28(26,27)10-17(18)20(19(21)23)14-6-4-7-15(9-14)22(24)25/h3-9,17-18H,10-11H2,1-2H3. The molecule has 2 atom stereocenters. The van der Waals surface area contributed by atoms with Crippen LogP contribution < -0.4 is 9.80 Å². The lowest BCUT2D eigenvalue weighted by Gasteiger charge is -2.24. The Morgan fingerprint density at radius 1 is 1.04 bits per heavy atom. The molecule has 2 aromatic rings. The number of anilines is 2. The second-order valence-electron chi connectivity index (χ2n) is 7.23. The summed E-state index contributed by atoms with van der Waals surface area (Å²) in [6, 6.07) is 9.84. The topological polar surface area (TPSA) is 101 Å². The number of nitro groups is 1. The van der Waals surface area contributed by atoms with E-state index in [1.807, 2.05) is 26.0 Å². The van der Waals surface area contributed by atoms with Crippen LogP contribution in [0.25, 0.3) is 0 Å². The molecule has 9 heteroatoms. The summed E-state index contributed by atoms with van der Waals surface area (Å²) in [5, 5.41) is 11.1. The van der Waals surface area contributed by atoms with Crippen molar-refractivity contribution in [2.24, 2.45) is 0 Å². The Morgan fingerprint density at radius 2 is 1.68 bits per heavy atom. The number of nitrogens with zero attached hydrogens (tertiary/aromatic N) is 3. The molecule has 8 nitrogen and oxygen atoms in total. The highest BCUT2D eigenvalue weighted by Crippen LogP contribution is 2.40. The highest BCUT2D eigenvalue weighted by molar-refractivity contribution is 7.91. The van der Waals surface area contributed by atoms with Gasteiger partial charge in [0.2, 0.25) is 0 Å². The maximum absolute atomic E-state index is 13.4. The molecule has 2 fully saturated rings. The van der Waals surface area contributed by atoms with Crippen molar-refractivity contribution >= 4 is 32.9 Å². The zero-order valence-corrected chi connectivity index (χ0v) is 16.2. The Bertz CT molecular complexity index is 1100. The molecule has 146 valence electrons. The molecule has 0 N–H and O–H groups in total. The fourth-order valence-corrected chi connectivity index (χ4v) is 5.96. The molecular formula is C19H19N3O5S. The van der Waals surface area contributed by atoms with Gasteiger partial charge in [-0.25, -0.2) is 13.2 Å². The molecule has 2 heterocycles. The van der Waals surface area contributed by atoms with E-state index in [0.717, 1.165) is 11.1 Å². The third-order valence-electron chi connectivity index (χ3n) is 5.52. The van der Waals surface area contributed by atoms with Crippen LogP contribution in [0.4, 0.5) is 21.9 Å². The lowest BCUT2D eigenvalue weighted by atomic mass is 10.1. The summed E-state index contributed by atoms with van der Waals surface area (Å²) >= 11 is 0. The molecule has 2 aliphatic rings. The van der Waals surface area contributed by atoms with E-state index in [0.29, 0.717) is 11.4 Å². The zero-order valence-electron chi connectivity index (χ0n) is 15.4. The smallest absolute Gasteiger partial charge is 0.288 e. The molecule has 0 saturated carbocycles. The van der Waals surface area contributed by atoms with Crippen LogP contribution >= 0.6 is 0 Å². The van der Waals surface area contributed by atoms with Crippen molar-refractivity contribution in [3.05, 3.63) is 63.7 Å². The number of carbonyl (C=O) groups is 1. The van der Waals surface area contributed by atoms with E-state index in [1.54, 1.807) is 12.1 Å². The SMILES string of the molecule is Cc1cccc(N2C(=O)N(c3cccc([N+](=O)[O-])c3)C3CS(=O)(=O)CC32)c1C. The fraction of sp³-hybridized carbons (Fsp3) is 0.316. The summed E-state index contributed by atoms with van der Waals surface area (Å²) in [6.07, 6.45) is 0. The molecule has 2 aromatic carbocycles. The Morgan fingerprint density at radius 3 is 2.36 bits per heavy atom. The number of hydrogen-bond acceptors (Lipinski definition) is 5. The van der Waals surface area contributed by atoms with E-state index in [9.17, 15) is 23.3 Å². The molecule has 2 aliphatic heterocycles. The van der Waals surface area contributed by atoms with Crippen molar-refractivity contribution in [3.63, 3.8) is 0 Å². The van der Waals surface area contributed by atoms with Crippen molar-refractivity contribution in [1.82, 2.24) is 0 Å². The monoisotopic (exact) mass is 401 g/mol. The van der Waals surface area contributed by atoms with Crippen LogP contribution in [0.5, 0.6) is 0 Å². The Kier molecular flexibility index (Phi) is 4.15. The van der Waals surface area contributed by atoms with Crippen LogP contribution in [0.2, 0.25) is 0 Å². The summed E-state index contributed by atoms with van der Waals surface area (Å²) in [7, 11) is -3.33. The minimum Gasteiger partial charge on any atom is -0.288 e. The summed E-state index contributed by atoms with van der Waals surface area (Å²) < 4.78 is 24.7. The van der Waals surface area contributed by atoms with Gasteiger partial charge in [0, 0.05) is 17.8 Å². The van der Waals surface area contributed by atoms with Crippen molar-refractivity contribution < 1.29 is 18.1 Å². The molecule has 0 aliphatic carbocycles. The number of non-ortho nitro benzene ring substituents is 1. The lowest BCUT2D eigenvalue weighted by Crippen LogP contribution is -2.38. The number of urea groups is 1. The average molecular weight is 401 g/mol. The fourth-order valence-electron chi connectivity index (χ4n) is 4.04. The van der Waals surface area contributed by atoms with Gasteiger partial charge < -0.3 is 0 Å². The predicted octanol–water partition coefficient (Wildman–Crippen LogP) is 2.82. The number of carbonyl (C=O) groups excluding carboxylic acids is 1. The second kappa shape index (κ2) is 6.30. The average Bonchev–Trinajstić information content (AvgIpc) is 3.06. The number of benzene rings is 2. The molecule has 0 radical (unpaired) electrons. The van der Waals surface area contributed by atoms with Gasteiger partial charge in [0.15, 0.2) is 9.84 Å². The largest absolute Gasteiger partial charge is 0.329 e. The van der Waals surface area contributed by atoms with E-state index in [-0.39, 0.29) is 23.2 Å². The zero-order chi connectivity index (χ0) is 20.2. The van der Waals surface area contributed by atoms with Gasteiger partial charge in [-0.3, -0.25) is 19.9 Å². The van der Waals surface area contributed by atoms with Crippen molar-refractivity contribution in [1.29, 1.82) is 0 Å². The first-order valence-corrected chi connectivity index (χ1v) is 10.7. The van der Waals surface area contributed by atoms with Crippen LogP contribution in [-0.2, 0) is 9.84 Å². The summed E-state index contributed by atoms with van der Waals surface area (Å²) in [5.74, 6) is -0.282. The van der Waals surface area contributed by atoms with Gasteiger partial charge in [0.1, 0.15) is 0 Å². The molecule has 28 heavy (non-hydrogen) atoms. The van der Waals surface area contributed by atoms with Crippen LogP contribution in [0, 0.1) is 24.0 Å². The van der Waals surface area contributed by atoms with E-state index in [2.05, 4.69) is 0 Å². The summed E-state index contributed by atoms with van der Waals surface area (Å²) in [5.41, 5.74) is 2.76. The highest BCUT2D eigenvalue weighted by Gasteiger charge is 2.54. The van der Waals surface area contributed by atoms with Gasteiger partial charge in [-0.2, -0.15) is 0 Å². The summed E-state index contributed by atoms with van der Waals surface area (Å²) in [6.45, 7) is 3.83. The van der Waals surface area contributed by atoms with E-state index < -0.39 is 26.8 Å². The molecule has 0 aromatic heterocycles.